The number of sulfone groups is 1. The lowest BCUT2D eigenvalue weighted by Gasteiger charge is -2.33. The first-order chi connectivity index (χ1) is 7.51. The molecule has 0 radical (unpaired) electrons. The van der Waals surface area contributed by atoms with Gasteiger partial charge in [0.1, 0.15) is 0 Å². The molecular formula is C11H23NO3S. The molecule has 0 saturated heterocycles. The van der Waals surface area contributed by atoms with Crippen LogP contribution in [0.15, 0.2) is 0 Å². The van der Waals surface area contributed by atoms with Crippen molar-refractivity contribution in [3.05, 3.63) is 0 Å². The number of hydrogen-bond donors (Lipinski definition) is 1. The lowest BCUT2D eigenvalue weighted by Crippen LogP contribution is -2.41. The van der Waals surface area contributed by atoms with Gasteiger partial charge in [-0.2, -0.15) is 0 Å². The number of hydrogen-bond acceptors (Lipinski definition) is 4. The van der Waals surface area contributed by atoms with Crippen molar-refractivity contribution < 1.29 is 13.2 Å². The van der Waals surface area contributed by atoms with E-state index in [9.17, 15) is 8.42 Å². The van der Waals surface area contributed by atoms with Crippen molar-refractivity contribution in [1.82, 2.24) is 0 Å². The van der Waals surface area contributed by atoms with Gasteiger partial charge in [0.05, 0.1) is 17.6 Å². The van der Waals surface area contributed by atoms with Gasteiger partial charge in [0.25, 0.3) is 0 Å². The minimum Gasteiger partial charge on any atom is -0.384 e. The molecule has 0 aromatic heterocycles. The highest BCUT2D eigenvalue weighted by atomic mass is 32.2. The van der Waals surface area contributed by atoms with Crippen molar-refractivity contribution in [2.75, 3.05) is 26.0 Å². The third-order valence-electron chi connectivity index (χ3n) is 3.53. The fourth-order valence-electron chi connectivity index (χ4n) is 2.45. The van der Waals surface area contributed by atoms with E-state index in [-0.39, 0.29) is 23.5 Å². The van der Waals surface area contributed by atoms with E-state index in [4.69, 9.17) is 10.5 Å². The van der Waals surface area contributed by atoms with Crippen molar-refractivity contribution >= 4 is 9.84 Å². The SMILES string of the molecule is COCCS(=O)(=O)C1CC(C)CCC1CN. The van der Waals surface area contributed by atoms with Gasteiger partial charge in [-0.05, 0) is 31.2 Å². The lowest BCUT2D eigenvalue weighted by molar-refractivity contribution is 0.215. The van der Waals surface area contributed by atoms with E-state index in [0.717, 1.165) is 19.3 Å². The van der Waals surface area contributed by atoms with E-state index in [0.29, 0.717) is 12.5 Å². The Labute approximate surface area is 98.5 Å². The molecule has 5 heteroatoms. The zero-order valence-electron chi connectivity index (χ0n) is 10.2. The van der Waals surface area contributed by atoms with E-state index < -0.39 is 9.84 Å². The van der Waals surface area contributed by atoms with Gasteiger partial charge < -0.3 is 10.5 Å². The zero-order valence-corrected chi connectivity index (χ0v) is 11.0. The Morgan fingerprint density at radius 3 is 2.62 bits per heavy atom. The second-order valence-electron chi connectivity index (χ2n) is 4.81. The molecule has 1 aliphatic rings. The summed E-state index contributed by atoms with van der Waals surface area (Å²) in [4.78, 5) is 0. The summed E-state index contributed by atoms with van der Waals surface area (Å²) in [5.74, 6) is 0.750. The molecule has 96 valence electrons. The molecule has 1 saturated carbocycles. The summed E-state index contributed by atoms with van der Waals surface area (Å²) in [6, 6.07) is 0. The normalized spacial score (nSPS) is 31.6. The molecule has 0 spiro atoms. The van der Waals surface area contributed by atoms with Gasteiger partial charge in [-0.25, -0.2) is 8.42 Å². The molecule has 3 unspecified atom stereocenters. The molecule has 0 aromatic carbocycles. The predicted molar refractivity (Wildman–Crippen MR) is 65.0 cm³/mol. The zero-order chi connectivity index (χ0) is 12.2. The monoisotopic (exact) mass is 249 g/mol. The standard InChI is InChI=1S/C11H23NO3S/c1-9-3-4-10(8-12)11(7-9)16(13,14)6-5-15-2/h9-11H,3-8,12H2,1-2H3. The maximum Gasteiger partial charge on any atom is 0.155 e. The number of methoxy groups -OCH3 is 1. The Balaban J connectivity index is 2.73. The van der Waals surface area contributed by atoms with Crippen LogP contribution in [0.25, 0.3) is 0 Å². The van der Waals surface area contributed by atoms with Crippen LogP contribution in [0.2, 0.25) is 0 Å². The van der Waals surface area contributed by atoms with Crippen molar-refractivity contribution in [2.24, 2.45) is 17.6 Å². The fourth-order valence-corrected chi connectivity index (χ4v) is 4.61. The Morgan fingerprint density at radius 1 is 1.38 bits per heavy atom. The topological polar surface area (TPSA) is 69.4 Å². The molecule has 1 aliphatic carbocycles. The predicted octanol–water partition coefficient (Wildman–Crippen LogP) is 0.811. The maximum atomic E-state index is 12.1. The van der Waals surface area contributed by atoms with Gasteiger partial charge in [0.15, 0.2) is 9.84 Å². The van der Waals surface area contributed by atoms with E-state index in [1.165, 1.54) is 7.11 Å². The highest BCUT2D eigenvalue weighted by Crippen LogP contribution is 2.32. The van der Waals surface area contributed by atoms with Crippen LogP contribution < -0.4 is 5.73 Å². The Bertz CT molecular complexity index is 302. The Morgan fingerprint density at radius 2 is 2.06 bits per heavy atom. The third-order valence-corrected chi connectivity index (χ3v) is 5.76. The molecule has 0 bridgehead atoms. The first-order valence-electron chi connectivity index (χ1n) is 5.91. The van der Waals surface area contributed by atoms with E-state index in [2.05, 4.69) is 6.92 Å². The average Bonchev–Trinajstić information content (AvgIpc) is 2.26. The van der Waals surface area contributed by atoms with Crippen LogP contribution in [0.1, 0.15) is 26.2 Å². The summed E-state index contributed by atoms with van der Waals surface area (Å²) in [6.07, 6.45) is 2.79. The summed E-state index contributed by atoms with van der Waals surface area (Å²) in [5.41, 5.74) is 5.67. The minimum absolute atomic E-state index is 0.122. The number of rotatable bonds is 5. The van der Waals surface area contributed by atoms with E-state index in [1.807, 2.05) is 0 Å². The molecule has 1 rings (SSSR count). The Kier molecular flexibility index (Phi) is 5.21. The van der Waals surface area contributed by atoms with Gasteiger partial charge in [-0.1, -0.05) is 13.3 Å². The largest absolute Gasteiger partial charge is 0.384 e. The summed E-state index contributed by atoms with van der Waals surface area (Å²) >= 11 is 0. The van der Waals surface area contributed by atoms with Crippen molar-refractivity contribution in [3.63, 3.8) is 0 Å². The highest BCUT2D eigenvalue weighted by Gasteiger charge is 2.36. The molecule has 1 fully saturated rings. The van der Waals surface area contributed by atoms with Crippen molar-refractivity contribution in [3.8, 4) is 0 Å². The molecule has 16 heavy (non-hydrogen) atoms. The first-order valence-corrected chi connectivity index (χ1v) is 7.63. The molecular weight excluding hydrogens is 226 g/mol. The van der Waals surface area contributed by atoms with Crippen molar-refractivity contribution in [2.45, 2.75) is 31.4 Å². The summed E-state index contributed by atoms with van der Waals surface area (Å²) < 4.78 is 29.1. The molecule has 0 aliphatic heterocycles. The van der Waals surface area contributed by atoms with E-state index in [1.54, 1.807) is 0 Å². The van der Waals surface area contributed by atoms with Gasteiger partial charge in [0.2, 0.25) is 0 Å². The molecule has 0 aromatic rings. The minimum atomic E-state index is -3.04. The van der Waals surface area contributed by atoms with Gasteiger partial charge in [0, 0.05) is 7.11 Å². The summed E-state index contributed by atoms with van der Waals surface area (Å²) in [6.45, 7) is 2.87. The molecule has 4 nitrogen and oxygen atoms in total. The maximum absolute atomic E-state index is 12.1. The van der Waals surface area contributed by atoms with Crippen LogP contribution in [-0.2, 0) is 14.6 Å². The second-order valence-corrected chi connectivity index (χ2v) is 7.15. The lowest BCUT2D eigenvalue weighted by atomic mass is 9.82. The average molecular weight is 249 g/mol. The summed E-state index contributed by atoms with van der Waals surface area (Å²) in [5, 5.41) is -0.253. The van der Waals surface area contributed by atoms with Crippen molar-refractivity contribution in [1.29, 1.82) is 0 Å². The molecule has 2 N–H and O–H groups in total. The second kappa shape index (κ2) is 5.98. The van der Waals surface area contributed by atoms with Crippen LogP contribution >= 0.6 is 0 Å². The van der Waals surface area contributed by atoms with Crippen LogP contribution in [0, 0.1) is 11.8 Å². The van der Waals surface area contributed by atoms with Gasteiger partial charge >= 0.3 is 0 Å². The molecule has 3 atom stereocenters. The van der Waals surface area contributed by atoms with Gasteiger partial charge in [-0.15, -0.1) is 0 Å². The molecule has 0 heterocycles. The quantitative estimate of drug-likeness (QED) is 0.783. The number of ether oxygens (including phenoxy) is 1. The summed E-state index contributed by atoms with van der Waals surface area (Å²) in [7, 11) is -1.52. The van der Waals surface area contributed by atoms with Crippen LogP contribution in [0.3, 0.4) is 0 Å². The Hall–Kier alpha value is -0.130. The highest BCUT2D eigenvalue weighted by molar-refractivity contribution is 7.92. The first kappa shape index (κ1) is 13.9. The third kappa shape index (κ3) is 3.43. The van der Waals surface area contributed by atoms with E-state index >= 15 is 0 Å². The smallest absolute Gasteiger partial charge is 0.155 e. The van der Waals surface area contributed by atoms with Crippen LogP contribution in [0.4, 0.5) is 0 Å². The molecule has 0 amide bonds. The van der Waals surface area contributed by atoms with Crippen LogP contribution in [-0.4, -0.2) is 39.7 Å². The van der Waals surface area contributed by atoms with Crippen LogP contribution in [0.5, 0.6) is 0 Å². The number of nitrogens with two attached hydrogens (primary N) is 1. The fraction of sp³-hybridized carbons (Fsp3) is 1.00. The van der Waals surface area contributed by atoms with Gasteiger partial charge in [-0.3, -0.25) is 0 Å².